The lowest BCUT2D eigenvalue weighted by Gasteiger charge is -2.10. The van der Waals surface area contributed by atoms with E-state index in [0.717, 1.165) is 33.5 Å². The van der Waals surface area contributed by atoms with Gasteiger partial charge in [-0.2, -0.15) is 0 Å². The Kier molecular flexibility index (Phi) is 4.33. The second kappa shape index (κ2) is 6.57. The molecule has 0 fully saturated rings. The van der Waals surface area contributed by atoms with Gasteiger partial charge in [0.1, 0.15) is 0 Å². The molecule has 0 unspecified atom stereocenters. The van der Waals surface area contributed by atoms with E-state index in [0.29, 0.717) is 6.42 Å². The van der Waals surface area contributed by atoms with Crippen molar-refractivity contribution in [2.75, 3.05) is 0 Å². The molecule has 0 aliphatic rings. The average Bonchev–Trinajstić information content (AvgIpc) is 2.56. The van der Waals surface area contributed by atoms with E-state index in [2.05, 4.69) is 23.2 Å². The molecule has 23 heavy (non-hydrogen) atoms. The number of benzene rings is 2. The van der Waals surface area contributed by atoms with Crippen LogP contribution in [-0.2, 0) is 6.42 Å². The van der Waals surface area contributed by atoms with Crippen LogP contribution in [0, 0.1) is 13.8 Å². The van der Waals surface area contributed by atoms with Gasteiger partial charge in [0.15, 0.2) is 5.78 Å². The van der Waals surface area contributed by atoms with Crippen LogP contribution >= 0.6 is 0 Å². The Labute approximate surface area is 136 Å². The molecule has 0 radical (unpaired) electrons. The lowest BCUT2D eigenvalue weighted by atomic mass is 9.95. The van der Waals surface area contributed by atoms with E-state index in [1.807, 2.05) is 56.3 Å². The summed E-state index contributed by atoms with van der Waals surface area (Å²) in [5, 5.41) is 0. The average molecular weight is 301 g/mol. The Hall–Kier alpha value is -2.74. The van der Waals surface area contributed by atoms with Crippen molar-refractivity contribution in [3.05, 3.63) is 89.1 Å². The highest BCUT2D eigenvalue weighted by atomic mass is 16.1. The number of pyridine rings is 1. The number of nitrogens with zero attached hydrogens (tertiary/aromatic N) is 1. The molecule has 0 amide bonds. The molecule has 114 valence electrons. The Bertz CT molecular complexity index is 820. The van der Waals surface area contributed by atoms with Crippen LogP contribution in [0.3, 0.4) is 0 Å². The topological polar surface area (TPSA) is 30.0 Å². The predicted octanol–water partition coefficient (Wildman–Crippen LogP) is 4.79. The summed E-state index contributed by atoms with van der Waals surface area (Å²) in [7, 11) is 0. The van der Waals surface area contributed by atoms with Gasteiger partial charge in [-0.15, -0.1) is 0 Å². The van der Waals surface area contributed by atoms with Gasteiger partial charge in [0, 0.05) is 23.7 Å². The second-order valence-corrected chi connectivity index (χ2v) is 5.84. The smallest absolute Gasteiger partial charge is 0.167 e. The molecule has 0 aliphatic heterocycles. The van der Waals surface area contributed by atoms with Gasteiger partial charge in [-0.25, -0.2) is 0 Å². The molecule has 3 rings (SSSR count). The van der Waals surface area contributed by atoms with Gasteiger partial charge in [0.2, 0.25) is 0 Å². The van der Waals surface area contributed by atoms with Crippen LogP contribution in [0.5, 0.6) is 0 Å². The maximum atomic E-state index is 12.6. The van der Waals surface area contributed by atoms with Crippen LogP contribution in [0.2, 0.25) is 0 Å². The third-order valence-electron chi connectivity index (χ3n) is 3.93. The molecule has 2 nitrogen and oxygen atoms in total. The number of rotatable bonds is 4. The summed E-state index contributed by atoms with van der Waals surface area (Å²) in [6.07, 6.45) is 2.16. The molecule has 0 N–H and O–H groups in total. The van der Waals surface area contributed by atoms with Gasteiger partial charge in [-0.3, -0.25) is 9.78 Å². The van der Waals surface area contributed by atoms with Crippen LogP contribution in [-0.4, -0.2) is 10.8 Å². The fourth-order valence-electron chi connectivity index (χ4n) is 2.66. The quantitative estimate of drug-likeness (QED) is 0.648. The number of ketones is 1. The lowest BCUT2D eigenvalue weighted by Crippen LogP contribution is -2.05. The fraction of sp³-hybridized carbons (Fsp3) is 0.143. The van der Waals surface area contributed by atoms with E-state index in [-0.39, 0.29) is 5.78 Å². The van der Waals surface area contributed by atoms with E-state index in [1.54, 1.807) is 6.20 Å². The Morgan fingerprint density at radius 1 is 0.913 bits per heavy atom. The van der Waals surface area contributed by atoms with Crippen molar-refractivity contribution >= 4 is 5.78 Å². The van der Waals surface area contributed by atoms with E-state index >= 15 is 0 Å². The minimum Gasteiger partial charge on any atom is -0.294 e. The van der Waals surface area contributed by atoms with E-state index in [9.17, 15) is 4.79 Å². The first-order chi connectivity index (χ1) is 11.1. The van der Waals surface area contributed by atoms with Crippen molar-refractivity contribution < 1.29 is 4.79 Å². The van der Waals surface area contributed by atoms with E-state index in [4.69, 9.17) is 0 Å². The first kappa shape index (κ1) is 15.2. The molecular weight excluding hydrogens is 282 g/mol. The first-order valence-electron chi connectivity index (χ1n) is 7.74. The molecule has 0 aliphatic carbocycles. The summed E-state index contributed by atoms with van der Waals surface area (Å²) in [6.45, 7) is 4.07. The zero-order chi connectivity index (χ0) is 16.2. The number of hydrogen-bond donors (Lipinski definition) is 0. The maximum Gasteiger partial charge on any atom is 0.167 e. The van der Waals surface area contributed by atoms with Gasteiger partial charge in [-0.1, -0.05) is 59.7 Å². The molecule has 2 heteroatoms. The number of carbonyl (C=O) groups excluding carboxylic acids is 1. The summed E-state index contributed by atoms with van der Waals surface area (Å²) < 4.78 is 0. The van der Waals surface area contributed by atoms with E-state index < -0.39 is 0 Å². The standard InChI is InChI=1S/C21H19NO/c1-15-6-9-17(10-7-15)21(23)14-18-13-16(2)8-11-19(18)20-5-3-4-12-22-20/h3-13H,14H2,1-2H3. The first-order valence-corrected chi connectivity index (χ1v) is 7.74. The summed E-state index contributed by atoms with van der Waals surface area (Å²) in [5.41, 5.74) is 6.01. The molecule has 1 heterocycles. The molecule has 0 spiro atoms. The molecule has 1 aromatic heterocycles. The largest absolute Gasteiger partial charge is 0.294 e. The minimum absolute atomic E-state index is 0.132. The number of Topliss-reactive ketones (excluding diaryl/α,β-unsaturated/α-hetero) is 1. The van der Waals surface area contributed by atoms with Crippen molar-refractivity contribution in [3.8, 4) is 11.3 Å². The summed E-state index contributed by atoms with van der Waals surface area (Å²) in [5.74, 6) is 0.132. The van der Waals surface area contributed by atoms with Crippen LogP contribution < -0.4 is 0 Å². The van der Waals surface area contributed by atoms with Crippen LogP contribution in [0.1, 0.15) is 27.0 Å². The number of aromatic nitrogens is 1. The highest BCUT2D eigenvalue weighted by molar-refractivity contribution is 5.98. The molecule has 0 saturated heterocycles. The summed E-state index contributed by atoms with van der Waals surface area (Å²) in [6, 6.07) is 19.8. The molecule has 2 aromatic carbocycles. The molecular formula is C21H19NO. The number of carbonyl (C=O) groups is 1. The Morgan fingerprint density at radius 3 is 2.35 bits per heavy atom. The Morgan fingerprint density at radius 2 is 1.65 bits per heavy atom. The maximum absolute atomic E-state index is 12.6. The van der Waals surface area contributed by atoms with Crippen molar-refractivity contribution in [3.63, 3.8) is 0 Å². The molecule has 0 saturated carbocycles. The van der Waals surface area contributed by atoms with Crippen molar-refractivity contribution in [1.29, 1.82) is 0 Å². The number of hydrogen-bond acceptors (Lipinski definition) is 2. The highest BCUT2D eigenvalue weighted by Crippen LogP contribution is 2.24. The van der Waals surface area contributed by atoms with Crippen LogP contribution in [0.25, 0.3) is 11.3 Å². The van der Waals surface area contributed by atoms with Crippen LogP contribution in [0.4, 0.5) is 0 Å². The molecule has 3 aromatic rings. The third-order valence-corrected chi connectivity index (χ3v) is 3.93. The van der Waals surface area contributed by atoms with Crippen molar-refractivity contribution in [2.24, 2.45) is 0 Å². The second-order valence-electron chi connectivity index (χ2n) is 5.84. The number of aryl methyl sites for hydroxylation is 2. The van der Waals surface area contributed by atoms with Gasteiger partial charge < -0.3 is 0 Å². The third kappa shape index (κ3) is 3.54. The zero-order valence-corrected chi connectivity index (χ0v) is 13.4. The normalized spacial score (nSPS) is 10.5. The van der Waals surface area contributed by atoms with Gasteiger partial charge in [-0.05, 0) is 31.5 Å². The summed E-state index contributed by atoms with van der Waals surface area (Å²) >= 11 is 0. The zero-order valence-electron chi connectivity index (χ0n) is 13.4. The minimum atomic E-state index is 0.132. The van der Waals surface area contributed by atoms with E-state index in [1.165, 1.54) is 0 Å². The van der Waals surface area contributed by atoms with Crippen LogP contribution in [0.15, 0.2) is 66.9 Å². The monoisotopic (exact) mass is 301 g/mol. The SMILES string of the molecule is Cc1ccc(C(=O)Cc2cc(C)ccc2-c2ccccn2)cc1. The molecule has 0 bridgehead atoms. The highest BCUT2D eigenvalue weighted by Gasteiger charge is 2.12. The molecule has 0 atom stereocenters. The lowest BCUT2D eigenvalue weighted by molar-refractivity contribution is 0.0993. The van der Waals surface area contributed by atoms with Crippen molar-refractivity contribution in [1.82, 2.24) is 4.98 Å². The van der Waals surface area contributed by atoms with Gasteiger partial charge in [0.05, 0.1) is 5.69 Å². The summed E-state index contributed by atoms with van der Waals surface area (Å²) in [4.78, 5) is 17.0. The van der Waals surface area contributed by atoms with Crippen molar-refractivity contribution in [2.45, 2.75) is 20.3 Å². The van der Waals surface area contributed by atoms with Gasteiger partial charge >= 0.3 is 0 Å². The fourth-order valence-corrected chi connectivity index (χ4v) is 2.66. The Balaban J connectivity index is 1.94. The van der Waals surface area contributed by atoms with Gasteiger partial charge in [0.25, 0.3) is 0 Å². The predicted molar refractivity (Wildman–Crippen MR) is 93.6 cm³/mol.